The highest BCUT2D eigenvalue weighted by Crippen LogP contribution is 2.28. The first-order valence-corrected chi connectivity index (χ1v) is 8.13. The number of nitrogens with zero attached hydrogens (tertiary/aromatic N) is 1. The van der Waals surface area contributed by atoms with Crippen LogP contribution in [0.4, 0.5) is 0 Å². The lowest BCUT2D eigenvalue weighted by Crippen LogP contribution is -2.25. The second-order valence-electron chi connectivity index (χ2n) is 5.11. The fourth-order valence-corrected chi connectivity index (χ4v) is 3.22. The van der Waals surface area contributed by atoms with E-state index in [4.69, 9.17) is 10.9 Å². The van der Waals surface area contributed by atoms with E-state index >= 15 is 0 Å². The normalized spacial score (nSPS) is 22.8. The summed E-state index contributed by atoms with van der Waals surface area (Å²) in [5.74, 6) is 0.573. The number of nitrogens with two attached hydrogens (primary N) is 1. The Bertz CT molecular complexity index is 613. The highest BCUT2D eigenvalue weighted by molar-refractivity contribution is 7.91. The van der Waals surface area contributed by atoms with Gasteiger partial charge in [-0.2, -0.15) is 0 Å². The fourth-order valence-electron chi connectivity index (χ4n) is 2.01. The molecule has 2 rings (SSSR count). The van der Waals surface area contributed by atoms with Crippen molar-refractivity contribution in [1.82, 2.24) is 5.32 Å². The van der Waals surface area contributed by atoms with Gasteiger partial charge in [-0.3, -0.25) is 0 Å². The van der Waals surface area contributed by atoms with Crippen LogP contribution in [-0.4, -0.2) is 37.8 Å². The van der Waals surface area contributed by atoms with Crippen molar-refractivity contribution in [3.8, 4) is 0 Å². The molecule has 0 heterocycles. The maximum Gasteiger partial charge on any atom is 0.179 e. The van der Waals surface area contributed by atoms with Crippen LogP contribution in [0, 0.1) is 5.92 Å². The first-order valence-electron chi connectivity index (χ1n) is 6.48. The smallest absolute Gasteiger partial charge is 0.179 e. The number of oxime groups is 1. The van der Waals surface area contributed by atoms with Gasteiger partial charge in [0.15, 0.2) is 15.7 Å². The van der Waals surface area contributed by atoms with Crippen LogP contribution < -0.4 is 11.1 Å². The molecule has 0 aromatic heterocycles. The van der Waals surface area contributed by atoms with Gasteiger partial charge in [0.2, 0.25) is 0 Å². The summed E-state index contributed by atoms with van der Waals surface area (Å²) in [7, 11) is -3.36. The van der Waals surface area contributed by atoms with Crippen LogP contribution in [0.2, 0.25) is 0 Å². The maximum absolute atomic E-state index is 12.2. The summed E-state index contributed by atoms with van der Waals surface area (Å²) in [4.78, 5) is 0.187. The Kier molecular flexibility index (Phi) is 4.29. The molecule has 6 nitrogen and oxygen atoms in total. The molecule has 0 saturated heterocycles. The van der Waals surface area contributed by atoms with Gasteiger partial charge in [0.05, 0.1) is 10.6 Å². The van der Waals surface area contributed by atoms with Crippen LogP contribution in [0.3, 0.4) is 0 Å². The second kappa shape index (κ2) is 5.80. The van der Waals surface area contributed by atoms with Gasteiger partial charge in [0.25, 0.3) is 0 Å². The first-order chi connectivity index (χ1) is 9.44. The molecular formula is C13H19N3O3S. The van der Waals surface area contributed by atoms with Crippen LogP contribution in [0.25, 0.3) is 0 Å². The molecule has 1 aliphatic rings. The lowest BCUT2D eigenvalue weighted by Gasteiger charge is -2.07. The molecule has 7 heteroatoms. The Labute approximate surface area is 118 Å². The minimum absolute atomic E-state index is 0.0375. The molecule has 0 spiro atoms. The van der Waals surface area contributed by atoms with E-state index in [1.807, 2.05) is 0 Å². The van der Waals surface area contributed by atoms with E-state index < -0.39 is 9.84 Å². The number of sulfone groups is 1. The molecule has 4 N–H and O–H groups in total. The molecule has 20 heavy (non-hydrogen) atoms. The van der Waals surface area contributed by atoms with Crippen molar-refractivity contribution in [1.29, 1.82) is 0 Å². The summed E-state index contributed by atoms with van der Waals surface area (Å²) < 4.78 is 24.4. The third kappa shape index (κ3) is 3.49. The van der Waals surface area contributed by atoms with Gasteiger partial charge in [0.1, 0.15) is 0 Å². The minimum Gasteiger partial charge on any atom is -0.409 e. The monoisotopic (exact) mass is 297 g/mol. The largest absolute Gasteiger partial charge is 0.409 e. The highest BCUT2D eigenvalue weighted by Gasteiger charge is 2.31. The molecule has 0 amide bonds. The number of amidine groups is 1. The minimum atomic E-state index is -3.36. The van der Waals surface area contributed by atoms with E-state index in [1.54, 1.807) is 12.1 Å². The van der Waals surface area contributed by atoms with Gasteiger partial charge < -0.3 is 16.3 Å². The van der Waals surface area contributed by atoms with Crippen molar-refractivity contribution in [2.75, 3.05) is 12.3 Å². The zero-order valence-corrected chi connectivity index (χ0v) is 12.1. The predicted octanol–water partition coefficient (Wildman–Crippen LogP) is 0.553. The van der Waals surface area contributed by atoms with E-state index in [0.29, 0.717) is 24.1 Å². The zero-order valence-electron chi connectivity index (χ0n) is 11.3. The summed E-state index contributed by atoms with van der Waals surface area (Å²) in [6, 6.07) is 6.57. The summed E-state index contributed by atoms with van der Waals surface area (Å²) in [6.45, 7) is 2.57. The Morgan fingerprint density at radius 2 is 2.25 bits per heavy atom. The van der Waals surface area contributed by atoms with Gasteiger partial charge in [-0.25, -0.2) is 8.42 Å². The number of hydrogen-bond acceptors (Lipinski definition) is 5. The van der Waals surface area contributed by atoms with Gasteiger partial charge >= 0.3 is 0 Å². The number of hydrogen-bond donors (Lipinski definition) is 3. The lowest BCUT2D eigenvalue weighted by atomic mass is 10.2. The lowest BCUT2D eigenvalue weighted by molar-refractivity contribution is 0.318. The number of benzene rings is 1. The van der Waals surface area contributed by atoms with Gasteiger partial charge in [0, 0.05) is 18.2 Å². The van der Waals surface area contributed by atoms with Crippen molar-refractivity contribution in [2.45, 2.75) is 24.3 Å². The Morgan fingerprint density at radius 1 is 1.55 bits per heavy atom. The molecule has 0 aliphatic heterocycles. The first kappa shape index (κ1) is 14.8. The van der Waals surface area contributed by atoms with Crippen molar-refractivity contribution < 1.29 is 13.6 Å². The van der Waals surface area contributed by atoms with Crippen LogP contribution in [0.5, 0.6) is 0 Å². The summed E-state index contributed by atoms with van der Waals surface area (Å²) in [5, 5.41) is 14.7. The predicted molar refractivity (Wildman–Crippen MR) is 76.6 cm³/mol. The topological polar surface area (TPSA) is 105 Å². The van der Waals surface area contributed by atoms with Crippen molar-refractivity contribution in [3.05, 3.63) is 29.8 Å². The summed E-state index contributed by atoms with van der Waals surface area (Å²) >= 11 is 0. The van der Waals surface area contributed by atoms with Crippen LogP contribution in [0.1, 0.15) is 18.9 Å². The summed E-state index contributed by atoms with van der Waals surface area (Å²) in [5.41, 5.74) is 5.85. The Balaban J connectivity index is 2.04. The molecule has 1 saturated carbocycles. The molecule has 1 aliphatic carbocycles. The highest BCUT2D eigenvalue weighted by atomic mass is 32.2. The Morgan fingerprint density at radius 3 is 2.85 bits per heavy atom. The van der Waals surface area contributed by atoms with Crippen LogP contribution in [-0.2, 0) is 9.84 Å². The van der Waals surface area contributed by atoms with E-state index in [1.165, 1.54) is 12.1 Å². The molecule has 1 aromatic carbocycles. The molecule has 0 radical (unpaired) electrons. The molecule has 110 valence electrons. The van der Waals surface area contributed by atoms with Crippen LogP contribution in [0.15, 0.2) is 34.3 Å². The third-order valence-corrected chi connectivity index (χ3v) is 5.20. The van der Waals surface area contributed by atoms with Gasteiger partial charge in [-0.1, -0.05) is 24.2 Å². The quantitative estimate of drug-likeness (QED) is 0.308. The maximum atomic E-state index is 12.2. The standard InChI is InChI=1S/C13H19N3O3S/c1-9-7-12(9)15-5-6-20(18,19)11-4-2-3-10(8-11)13(14)16-17/h2-4,8-9,12,15,17H,5-7H2,1H3,(H2,14,16). The molecule has 0 bridgehead atoms. The Hall–Kier alpha value is -1.60. The van der Waals surface area contributed by atoms with Crippen molar-refractivity contribution >= 4 is 15.7 Å². The number of rotatable bonds is 6. The molecule has 1 fully saturated rings. The van der Waals surface area contributed by atoms with E-state index in [0.717, 1.165) is 6.42 Å². The fraction of sp³-hybridized carbons (Fsp3) is 0.462. The molecule has 2 atom stereocenters. The molecular weight excluding hydrogens is 278 g/mol. The van der Waals surface area contributed by atoms with E-state index in [-0.39, 0.29) is 16.5 Å². The van der Waals surface area contributed by atoms with E-state index in [2.05, 4.69) is 17.4 Å². The number of nitrogens with one attached hydrogen (secondary N) is 1. The summed E-state index contributed by atoms with van der Waals surface area (Å²) in [6.07, 6.45) is 1.11. The average molecular weight is 297 g/mol. The van der Waals surface area contributed by atoms with Gasteiger partial charge in [-0.05, 0) is 24.5 Å². The molecule has 2 unspecified atom stereocenters. The van der Waals surface area contributed by atoms with Crippen LogP contribution >= 0.6 is 0 Å². The average Bonchev–Trinajstić information content (AvgIpc) is 3.13. The molecule has 1 aromatic rings. The van der Waals surface area contributed by atoms with Gasteiger partial charge in [-0.15, -0.1) is 0 Å². The van der Waals surface area contributed by atoms with Crippen molar-refractivity contribution in [2.24, 2.45) is 16.8 Å². The van der Waals surface area contributed by atoms with E-state index in [9.17, 15) is 8.42 Å². The second-order valence-corrected chi connectivity index (χ2v) is 7.21. The SMILES string of the molecule is CC1CC1NCCS(=O)(=O)c1cccc(/C(N)=N/O)c1. The third-order valence-electron chi connectivity index (χ3n) is 3.48. The van der Waals surface area contributed by atoms with Crippen molar-refractivity contribution in [3.63, 3.8) is 0 Å². The zero-order chi connectivity index (χ0) is 14.8.